The third-order valence-electron chi connectivity index (χ3n) is 2.91. The van der Waals surface area contributed by atoms with E-state index >= 15 is 0 Å². The molecule has 1 saturated heterocycles. The molecule has 1 aliphatic rings. The fourth-order valence-corrected chi connectivity index (χ4v) is 2.99. The maximum absolute atomic E-state index is 12.0. The number of hydrogen-bond donors (Lipinski definition) is 1. The molecule has 1 fully saturated rings. The van der Waals surface area contributed by atoms with E-state index in [1.54, 1.807) is 0 Å². The first-order valence-electron chi connectivity index (χ1n) is 5.92. The molecule has 0 aromatic heterocycles. The van der Waals surface area contributed by atoms with Crippen molar-refractivity contribution >= 4 is 16.0 Å². The Hall–Kier alpha value is -1.44. The summed E-state index contributed by atoms with van der Waals surface area (Å²) in [4.78, 5) is 10.6. The van der Waals surface area contributed by atoms with Gasteiger partial charge in [-0.25, -0.2) is 13.1 Å². The van der Waals surface area contributed by atoms with Gasteiger partial charge in [0.05, 0.1) is 17.0 Å². The Morgan fingerprint density at radius 3 is 2.89 bits per heavy atom. The molecule has 1 heterocycles. The number of benzene rings is 1. The molecular weight excluding hydrogens is 270 g/mol. The minimum atomic E-state index is -3.72. The first-order chi connectivity index (χ1) is 8.99. The minimum Gasteiger partial charge on any atom is -0.545 e. The molecule has 1 unspecified atom stereocenters. The average Bonchev–Trinajstić information content (AvgIpc) is 2.90. The summed E-state index contributed by atoms with van der Waals surface area (Å²) < 4.78 is 31.7. The summed E-state index contributed by atoms with van der Waals surface area (Å²) in [6, 6.07) is 5.07. The van der Waals surface area contributed by atoms with Gasteiger partial charge >= 0.3 is 0 Å². The van der Waals surface area contributed by atoms with Crippen LogP contribution in [0, 0.1) is 0 Å². The van der Waals surface area contributed by atoms with Gasteiger partial charge in [0.1, 0.15) is 0 Å². The summed E-state index contributed by atoms with van der Waals surface area (Å²) in [5.41, 5.74) is -0.167. The Kier molecular flexibility index (Phi) is 4.18. The highest BCUT2D eigenvalue weighted by molar-refractivity contribution is 7.89. The topological polar surface area (TPSA) is 95.5 Å². The minimum absolute atomic E-state index is 0.0906. The van der Waals surface area contributed by atoms with Crippen LogP contribution < -0.4 is 9.83 Å². The average molecular weight is 284 g/mol. The first kappa shape index (κ1) is 14.0. The third kappa shape index (κ3) is 3.52. The quantitative estimate of drug-likeness (QED) is 0.787. The molecule has 19 heavy (non-hydrogen) atoms. The van der Waals surface area contributed by atoms with E-state index < -0.39 is 16.0 Å². The number of carboxylic acids is 1. The Balaban J connectivity index is 2.09. The highest BCUT2D eigenvalue weighted by atomic mass is 32.2. The van der Waals surface area contributed by atoms with Crippen LogP contribution in [-0.2, 0) is 14.8 Å². The molecule has 0 aliphatic carbocycles. The molecule has 6 nitrogen and oxygen atoms in total. The summed E-state index contributed by atoms with van der Waals surface area (Å²) in [6.07, 6.45) is 1.63. The zero-order valence-corrected chi connectivity index (χ0v) is 11.0. The number of nitrogens with one attached hydrogen (secondary N) is 1. The molecule has 0 saturated carbocycles. The number of rotatable bonds is 5. The smallest absolute Gasteiger partial charge is 0.240 e. The molecule has 1 atom stereocenters. The number of carboxylic acid groups (broad SMARTS) is 1. The molecule has 1 aliphatic heterocycles. The van der Waals surface area contributed by atoms with Crippen molar-refractivity contribution in [2.45, 2.75) is 23.8 Å². The third-order valence-corrected chi connectivity index (χ3v) is 4.33. The lowest BCUT2D eigenvalue weighted by Gasteiger charge is -2.12. The van der Waals surface area contributed by atoms with Gasteiger partial charge in [0.15, 0.2) is 0 Å². The second-order valence-corrected chi connectivity index (χ2v) is 6.07. The Labute approximate surface area is 111 Å². The van der Waals surface area contributed by atoms with E-state index in [1.165, 1.54) is 18.2 Å². The molecule has 2 rings (SSSR count). The van der Waals surface area contributed by atoms with E-state index in [9.17, 15) is 18.3 Å². The van der Waals surface area contributed by atoms with E-state index in [0.29, 0.717) is 6.61 Å². The zero-order chi connectivity index (χ0) is 13.9. The van der Waals surface area contributed by atoms with Crippen molar-refractivity contribution in [3.63, 3.8) is 0 Å². The van der Waals surface area contributed by atoms with Crippen molar-refractivity contribution in [3.8, 4) is 0 Å². The van der Waals surface area contributed by atoms with Crippen LogP contribution in [0.25, 0.3) is 0 Å². The van der Waals surface area contributed by atoms with Crippen LogP contribution in [0.4, 0.5) is 0 Å². The fraction of sp³-hybridized carbons (Fsp3) is 0.417. The number of carbonyl (C=O) groups is 1. The Morgan fingerprint density at radius 2 is 2.26 bits per heavy atom. The Bertz CT molecular complexity index is 563. The maximum Gasteiger partial charge on any atom is 0.240 e. The highest BCUT2D eigenvalue weighted by Crippen LogP contribution is 2.14. The summed E-state index contributed by atoms with van der Waals surface area (Å²) in [7, 11) is -3.72. The van der Waals surface area contributed by atoms with Gasteiger partial charge in [-0.3, -0.25) is 0 Å². The number of ether oxygens (including phenoxy) is 1. The lowest BCUT2D eigenvalue weighted by atomic mass is 10.2. The van der Waals surface area contributed by atoms with Gasteiger partial charge in [0.25, 0.3) is 0 Å². The molecule has 104 valence electrons. The van der Waals surface area contributed by atoms with E-state index in [2.05, 4.69) is 4.72 Å². The molecule has 7 heteroatoms. The van der Waals surface area contributed by atoms with Gasteiger partial charge < -0.3 is 14.6 Å². The highest BCUT2D eigenvalue weighted by Gasteiger charge is 2.20. The molecule has 0 radical (unpaired) electrons. The number of sulfonamides is 1. The second-order valence-electron chi connectivity index (χ2n) is 4.30. The van der Waals surface area contributed by atoms with E-state index in [4.69, 9.17) is 4.74 Å². The van der Waals surface area contributed by atoms with Crippen LogP contribution >= 0.6 is 0 Å². The molecule has 1 aromatic rings. The van der Waals surface area contributed by atoms with Crippen molar-refractivity contribution in [1.29, 1.82) is 0 Å². The normalized spacial score (nSPS) is 19.5. The van der Waals surface area contributed by atoms with E-state index in [1.807, 2.05) is 0 Å². The zero-order valence-electron chi connectivity index (χ0n) is 10.2. The van der Waals surface area contributed by atoms with Gasteiger partial charge in [-0.2, -0.15) is 0 Å². The molecule has 1 aromatic carbocycles. The van der Waals surface area contributed by atoms with Crippen molar-refractivity contribution in [2.24, 2.45) is 0 Å². The van der Waals surface area contributed by atoms with Crippen LogP contribution in [0.15, 0.2) is 29.2 Å². The summed E-state index contributed by atoms with van der Waals surface area (Å²) in [6.45, 7) is 0.838. The predicted octanol–water partition coefficient (Wildman–Crippen LogP) is -0.493. The van der Waals surface area contributed by atoms with E-state index in [0.717, 1.165) is 18.9 Å². The second kappa shape index (κ2) is 5.68. The fourth-order valence-electron chi connectivity index (χ4n) is 1.88. The van der Waals surface area contributed by atoms with Crippen LogP contribution in [-0.4, -0.2) is 33.6 Å². The molecule has 1 N–H and O–H groups in total. The monoisotopic (exact) mass is 284 g/mol. The van der Waals surface area contributed by atoms with Crippen LogP contribution in [0.2, 0.25) is 0 Å². The molecule has 0 amide bonds. The number of aromatic carboxylic acids is 1. The molecular formula is C12H14NO5S-. The van der Waals surface area contributed by atoms with Crippen LogP contribution in [0.5, 0.6) is 0 Å². The van der Waals surface area contributed by atoms with Gasteiger partial charge in [-0.1, -0.05) is 12.1 Å². The van der Waals surface area contributed by atoms with Crippen molar-refractivity contribution in [2.75, 3.05) is 13.2 Å². The van der Waals surface area contributed by atoms with Crippen LogP contribution in [0.1, 0.15) is 23.2 Å². The predicted molar refractivity (Wildman–Crippen MR) is 64.9 cm³/mol. The lowest BCUT2D eigenvalue weighted by Crippen LogP contribution is -2.32. The van der Waals surface area contributed by atoms with Gasteiger partial charge in [-0.05, 0) is 30.5 Å². The SMILES string of the molecule is O=C([O-])c1cccc(S(=O)(=O)NCC2CCCO2)c1. The van der Waals surface area contributed by atoms with Gasteiger partial charge in [0, 0.05) is 13.2 Å². The van der Waals surface area contributed by atoms with Crippen molar-refractivity contribution in [1.82, 2.24) is 4.72 Å². The first-order valence-corrected chi connectivity index (χ1v) is 7.40. The molecule has 0 bridgehead atoms. The number of carbonyl (C=O) groups excluding carboxylic acids is 1. The van der Waals surface area contributed by atoms with Gasteiger partial charge in [-0.15, -0.1) is 0 Å². The van der Waals surface area contributed by atoms with Crippen molar-refractivity contribution < 1.29 is 23.1 Å². The van der Waals surface area contributed by atoms with E-state index in [-0.39, 0.29) is 23.1 Å². The van der Waals surface area contributed by atoms with Crippen LogP contribution in [0.3, 0.4) is 0 Å². The number of hydrogen-bond acceptors (Lipinski definition) is 5. The van der Waals surface area contributed by atoms with Gasteiger partial charge in [0.2, 0.25) is 10.0 Å². The summed E-state index contributed by atoms with van der Waals surface area (Å²) in [5.74, 6) is -1.41. The summed E-state index contributed by atoms with van der Waals surface area (Å²) >= 11 is 0. The lowest BCUT2D eigenvalue weighted by molar-refractivity contribution is -0.255. The largest absolute Gasteiger partial charge is 0.545 e. The van der Waals surface area contributed by atoms with Crippen molar-refractivity contribution in [3.05, 3.63) is 29.8 Å². The molecule has 0 spiro atoms. The Morgan fingerprint density at radius 1 is 1.47 bits per heavy atom. The summed E-state index contributed by atoms with van der Waals surface area (Å²) in [5, 5.41) is 10.7. The standard InChI is InChI=1S/C12H15NO5S/c14-12(15)9-3-1-5-11(7-9)19(16,17)13-8-10-4-2-6-18-10/h1,3,5,7,10,13H,2,4,6,8H2,(H,14,15)/p-1. The maximum atomic E-state index is 12.0.